The van der Waals surface area contributed by atoms with Gasteiger partial charge < -0.3 is 10.2 Å². The van der Waals surface area contributed by atoms with Gasteiger partial charge >= 0.3 is 0 Å². The molecule has 1 amide bonds. The van der Waals surface area contributed by atoms with E-state index in [1.54, 1.807) is 12.1 Å². The summed E-state index contributed by atoms with van der Waals surface area (Å²) in [6.45, 7) is 6.33. The number of likely N-dealkylation sites (N-methyl/N-ethyl adjacent to an activating group) is 1. The Hall–Kier alpha value is -1.30. The first-order valence-electron chi connectivity index (χ1n) is 6.88. The first kappa shape index (κ1) is 15.1. The van der Waals surface area contributed by atoms with Gasteiger partial charge in [0.2, 0.25) is 0 Å². The Bertz CT molecular complexity index is 472. The third kappa shape index (κ3) is 3.85. The molecule has 1 aliphatic rings. The molecule has 2 rings (SSSR count). The molecule has 0 bridgehead atoms. The lowest BCUT2D eigenvalue weighted by Crippen LogP contribution is -2.52. The van der Waals surface area contributed by atoms with E-state index in [1.807, 2.05) is 18.0 Å². The topological polar surface area (TPSA) is 47.6 Å². The van der Waals surface area contributed by atoms with Crippen molar-refractivity contribution < 1.29 is 4.79 Å². The van der Waals surface area contributed by atoms with Crippen LogP contribution < -0.4 is 10.7 Å². The number of hydrogen-bond donors (Lipinski definition) is 2. The lowest BCUT2D eigenvalue weighted by Gasteiger charge is -2.32. The van der Waals surface area contributed by atoms with Gasteiger partial charge in [0.25, 0.3) is 5.91 Å². The predicted octanol–water partition coefficient (Wildman–Crippen LogP) is 1.66. The van der Waals surface area contributed by atoms with Crippen LogP contribution in [-0.2, 0) is 0 Å². The molecule has 0 unspecified atom stereocenters. The van der Waals surface area contributed by atoms with Crippen LogP contribution in [0.4, 0.5) is 5.69 Å². The molecule has 1 fully saturated rings. The summed E-state index contributed by atoms with van der Waals surface area (Å²) < 4.78 is 0. The van der Waals surface area contributed by atoms with Gasteiger partial charge in [-0.1, -0.05) is 11.6 Å². The van der Waals surface area contributed by atoms with Crippen molar-refractivity contribution in [3.8, 4) is 0 Å². The average Bonchev–Trinajstić information content (AvgIpc) is 2.43. The maximum absolute atomic E-state index is 12.4. The summed E-state index contributed by atoms with van der Waals surface area (Å²) in [5.41, 5.74) is 4.34. The minimum absolute atomic E-state index is 0.118. The molecule has 1 aliphatic heterocycles. The molecule has 0 saturated carbocycles. The largest absolute Gasteiger partial charge is 0.385 e. The number of hydrogen-bond acceptors (Lipinski definition) is 4. The number of nitrogens with zero attached hydrogens (tertiary/aromatic N) is 2. The second-order valence-electron chi connectivity index (χ2n) is 4.95. The molecule has 0 aliphatic carbocycles. The molecule has 1 saturated heterocycles. The van der Waals surface area contributed by atoms with Crippen LogP contribution in [0.5, 0.6) is 0 Å². The first-order chi connectivity index (χ1) is 9.60. The Balaban J connectivity index is 2.06. The lowest BCUT2D eigenvalue weighted by atomic mass is 10.1. The number of rotatable bonds is 4. The predicted molar refractivity (Wildman–Crippen MR) is 82.2 cm³/mol. The van der Waals surface area contributed by atoms with E-state index >= 15 is 0 Å². The van der Waals surface area contributed by atoms with Crippen molar-refractivity contribution in [1.82, 2.24) is 15.3 Å². The molecule has 2 N–H and O–H groups in total. The van der Waals surface area contributed by atoms with Crippen molar-refractivity contribution in [1.29, 1.82) is 0 Å². The van der Waals surface area contributed by atoms with E-state index in [4.69, 9.17) is 11.6 Å². The molecule has 20 heavy (non-hydrogen) atoms. The Morgan fingerprint density at radius 3 is 2.65 bits per heavy atom. The number of hydrazine groups is 1. The monoisotopic (exact) mass is 296 g/mol. The van der Waals surface area contributed by atoms with E-state index in [-0.39, 0.29) is 5.91 Å². The minimum Gasteiger partial charge on any atom is -0.385 e. The van der Waals surface area contributed by atoms with Crippen molar-refractivity contribution in [3.63, 3.8) is 0 Å². The zero-order chi connectivity index (χ0) is 14.5. The van der Waals surface area contributed by atoms with Crippen molar-refractivity contribution in [2.45, 2.75) is 6.92 Å². The smallest absolute Gasteiger partial charge is 0.267 e. The van der Waals surface area contributed by atoms with Gasteiger partial charge in [0, 0.05) is 43.4 Å². The van der Waals surface area contributed by atoms with Crippen LogP contribution in [0.25, 0.3) is 0 Å². The molecule has 0 aromatic heterocycles. The molecule has 5 nitrogen and oxygen atoms in total. The quantitative estimate of drug-likeness (QED) is 0.887. The lowest BCUT2D eigenvalue weighted by molar-refractivity contribution is 0.0663. The Kier molecular flexibility index (Phi) is 5.23. The molecule has 0 radical (unpaired) electrons. The summed E-state index contributed by atoms with van der Waals surface area (Å²) in [7, 11) is 2.08. The van der Waals surface area contributed by atoms with Gasteiger partial charge in [-0.15, -0.1) is 0 Å². The number of carbonyl (C=O) groups is 1. The number of anilines is 1. The van der Waals surface area contributed by atoms with Gasteiger partial charge in [-0.3, -0.25) is 10.2 Å². The van der Waals surface area contributed by atoms with E-state index in [0.717, 1.165) is 38.4 Å². The van der Waals surface area contributed by atoms with E-state index in [9.17, 15) is 4.79 Å². The maximum atomic E-state index is 12.4. The average molecular weight is 297 g/mol. The van der Waals surface area contributed by atoms with Crippen LogP contribution in [0.15, 0.2) is 18.2 Å². The number of amides is 1. The van der Waals surface area contributed by atoms with Crippen molar-refractivity contribution in [3.05, 3.63) is 28.8 Å². The summed E-state index contributed by atoms with van der Waals surface area (Å²) in [5, 5.41) is 5.70. The molecule has 1 aromatic carbocycles. The summed E-state index contributed by atoms with van der Waals surface area (Å²) in [6.07, 6.45) is 0. The minimum atomic E-state index is -0.118. The maximum Gasteiger partial charge on any atom is 0.267 e. The van der Waals surface area contributed by atoms with E-state index in [2.05, 4.69) is 22.7 Å². The van der Waals surface area contributed by atoms with Crippen molar-refractivity contribution >= 4 is 23.2 Å². The van der Waals surface area contributed by atoms with Crippen LogP contribution in [-0.4, -0.2) is 55.6 Å². The van der Waals surface area contributed by atoms with Gasteiger partial charge in [0.15, 0.2) is 0 Å². The molecule has 1 heterocycles. The van der Waals surface area contributed by atoms with E-state index in [1.165, 1.54) is 0 Å². The fourth-order valence-electron chi connectivity index (χ4n) is 2.17. The zero-order valence-corrected chi connectivity index (χ0v) is 12.7. The first-order valence-corrected chi connectivity index (χ1v) is 7.26. The normalized spacial score (nSPS) is 16.9. The zero-order valence-electron chi connectivity index (χ0n) is 11.9. The van der Waals surface area contributed by atoms with Crippen LogP contribution in [0.1, 0.15) is 17.3 Å². The Morgan fingerprint density at radius 1 is 1.30 bits per heavy atom. The van der Waals surface area contributed by atoms with Gasteiger partial charge in [0.1, 0.15) is 0 Å². The molecule has 1 aromatic rings. The van der Waals surface area contributed by atoms with Crippen LogP contribution in [0, 0.1) is 0 Å². The molecular formula is C14H21ClN4O. The number of piperazine rings is 1. The van der Waals surface area contributed by atoms with Gasteiger partial charge in [-0.25, -0.2) is 5.01 Å². The van der Waals surface area contributed by atoms with Gasteiger partial charge in [0.05, 0.1) is 5.56 Å². The number of benzene rings is 1. The molecule has 6 heteroatoms. The third-order valence-electron chi connectivity index (χ3n) is 3.36. The SMILES string of the molecule is CCNc1ccc(Cl)cc1C(=O)NN1CCN(C)CC1. The van der Waals surface area contributed by atoms with Gasteiger partial charge in [-0.05, 0) is 32.2 Å². The molecular weight excluding hydrogens is 276 g/mol. The van der Waals surface area contributed by atoms with E-state index in [0.29, 0.717) is 10.6 Å². The molecule has 0 spiro atoms. The highest BCUT2D eigenvalue weighted by Gasteiger charge is 2.18. The summed E-state index contributed by atoms with van der Waals surface area (Å²) in [4.78, 5) is 14.6. The van der Waals surface area contributed by atoms with E-state index < -0.39 is 0 Å². The van der Waals surface area contributed by atoms with Crippen LogP contribution in [0.3, 0.4) is 0 Å². The second kappa shape index (κ2) is 6.92. The van der Waals surface area contributed by atoms with Gasteiger partial charge in [-0.2, -0.15) is 0 Å². The standard InChI is InChI=1S/C14H21ClN4O/c1-3-16-13-5-4-11(15)10-12(13)14(20)17-19-8-6-18(2)7-9-19/h4-5,10,16H,3,6-9H2,1-2H3,(H,17,20). The Labute approximate surface area is 124 Å². The highest BCUT2D eigenvalue weighted by molar-refractivity contribution is 6.31. The van der Waals surface area contributed by atoms with Crippen LogP contribution in [0.2, 0.25) is 5.02 Å². The summed E-state index contributed by atoms with van der Waals surface area (Å²) in [6, 6.07) is 5.32. The molecule has 0 atom stereocenters. The fourth-order valence-corrected chi connectivity index (χ4v) is 2.34. The van der Waals surface area contributed by atoms with Crippen LogP contribution >= 0.6 is 11.6 Å². The number of halogens is 1. The van der Waals surface area contributed by atoms with Crippen molar-refractivity contribution in [2.75, 3.05) is 45.1 Å². The van der Waals surface area contributed by atoms with Crippen molar-refractivity contribution in [2.24, 2.45) is 0 Å². The third-order valence-corrected chi connectivity index (χ3v) is 3.59. The highest BCUT2D eigenvalue weighted by Crippen LogP contribution is 2.20. The second-order valence-corrected chi connectivity index (χ2v) is 5.39. The number of carbonyl (C=O) groups excluding carboxylic acids is 1. The number of nitrogens with one attached hydrogen (secondary N) is 2. The summed E-state index contributed by atoms with van der Waals surface area (Å²) in [5.74, 6) is -0.118. The summed E-state index contributed by atoms with van der Waals surface area (Å²) >= 11 is 5.99. The highest BCUT2D eigenvalue weighted by atomic mass is 35.5. The molecule has 110 valence electrons. The Morgan fingerprint density at radius 2 is 2.00 bits per heavy atom. The fraction of sp³-hybridized carbons (Fsp3) is 0.500.